The van der Waals surface area contributed by atoms with E-state index < -0.39 is 0 Å². The Hall–Kier alpha value is -3.87. The summed E-state index contributed by atoms with van der Waals surface area (Å²) >= 11 is 0. The highest BCUT2D eigenvalue weighted by molar-refractivity contribution is 5.97. The Morgan fingerprint density at radius 3 is 2.94 bits per heavy atom. The van der Waals surface area contributed by atoms with Gasteiger partial charge in [0.2, 0.25) is 5.91 Å². The van der Waals surface area contributed by atoms with Gasteiger partial charge in [-0.15, -0.1) is 0 Å². The topological polar surface area (TPSA) is 89.0 Å². The maximum absolute atomic E-state index is 13.1. The fourth-order valence-electron chi connectivity index (χ4n) is 4.16. The van der Waals surface area contributed by atoms with Crippen LogP contribution in [-0.4, -0.2) is 27.0 Å². The van der Waals surface area contributed by atoms with E-state index in [2.05, 4.69) is 10.3 Å². The average molecular weight is 414 g/mol. The van der Waals surface area contributed by atoms with Crippen LogP contribution in [0.3, 0.4) is 0 Å². The predicted molar refractivity (Wildman–Crippen MR) is 119 cm³/mol. The third kappa shape index (κ3) is 3.28. The van der Waals surface area contributed by atoms with Crippen LogP contribution >= 0.6 is 0 Å². The number of pyridine rings is 2. The highest BCUT2D eigenvalue weighted by Gasteiger charge is 2.27. The normalized spacial score (nSPS) is 15.4. The lowest BCUT2D eigenvalue weighted by atomic mass is 9.92. The minimum absolute atomic E-state index is 0.0935. The Bertz CT molecular complexity index is 1370. The van der Waals surface area contributed by atoms with Crippen LogP contribution in [0, 0.1) is 6.92 Å². The number of ether oxygens (including phenoxy) is 1. The van der Waals surface area contributed by atoms with Crippen molar-refractivity contribution in [1.82, 2.24) is 14.5 Å². The summed E-state index contributed by atoms with van der Waals surface area (Å²) in [5, 5.41) is 3.78. The molecule has 1 atom stereocenters. The molecule has 2 N–H and O–H groups in total. The summed E-state index contributed by atoms with van der Waals surface area (Å²) in [6.45, 7) is 2.47. The molecule has 7 nitrogen and oxygen atoms in total. The van der Waals surface area contributed by atoms with E-state index in [1.807, 2.05) is 43.3 Å². The number of fused-ring (bicyclic) bond motifs is 2. The number of carbonyl (C=O) groups is 1. The van der Waals surface area contributed by atoms with Crippen LogP contribution in [0.1, 0.15) is 23.5 Å². The van der Waals surface area contributed by atoms with Gasteiger partial charge in [-0.3, -0.25) is 9.59 Å². The van der Waals surface area contributed by atoms with E-state index in [1.54, 1.807) is 30.1 Å². The second kappa shape index (κ2) is 7.43. The molecule has 0 spiro atoms. The van der Waals surface area contributed by atoms with E-state index in [0.717, 1.165) is 33.5 Å². The minimum atomic E-state index is -0.287. The first-order valence-corrected chi connectivity index (χ1v) is 10.2. The fraction of sp³-hybridized carbons (Fsp3) is 0.208. The molecule has 1 amide bonds. The van der Waals surface area contributed by atoms with Gasteiger partial charge in [-0.2, -0.15) is 0 Å². The Labute approximate surface area is 178 Å². The van der Waals surface area contributed by atoms with Crippen molar-refractivity contribution in [3.8, 4) is 17.0 Å². The van der Waals surface area contributed by atoms with Gasteiger partial charge < -0.3 is 19.6 Å². The van der Waals surface area contributed by atoms with Crippen LogP contribution in [0.2, 0.25) is 0 Å². The second-order valence-corrected chi connectivity index (χ2v) is 7.80. The number of hydrogen-bond donors (Lipinski definition) is 2. The van der Waals surface area contributed by atoms with E-state index in [0.29, 0.717) is 24.4 Å². The number of aromatic amines is 1. The van der Waals surface area contributed by atoms with Crippen molar-refractivity contribution in [1.29, 1.82) is 0 Å². The van der Waals surface area contributed by atoms with Crippen molar-refractivity contribution >= 4 is 22.6 Å². The molecule has 0 aliphatic carbocycles. The molecule has 0 fully saturated rings. The van der Waals surface area contributed by atoms with Crippen molar-refractivity contribution < 1.29 is 9.53 Å². The molecule has 1 unspecified atom stereocenters. The van der Waals surface area contributed by atoms with Gasteiger partial charge in [0.15, 0.2) is 0 Å². The molecular weight excluding hydrogens is 392 g/mol. The largest absolute Gasteiger partial charge is 0.493 e. The smallest absolute Gasteiger partial charge is 0.274 e. The van der Waals surface area contributed by atoms with Crippen LogP contribution in [0.15, 0.2) is 59.7 Å². The van der Waals surface area contributed by atoms with E-state index >= 15 is 0 Å². The monoisotopic (exact) mass is 414 g/mol. The van der Waals surface area contributed by atoms with E-state index in [9.17, 15) is 9.59 Å². The first-order chi connectivity index (χ1) is 15.0. The number of hydrogen-bond acceptors (Lipinski definition) is 4. The highest BCUT2D eigenvalue weighted by atomic mass is 16.5. The van der Waals surface area contributed by atoms with Crippen LogP contribution in [0.25, 0.3) is 22.2 Å². The zero-order valence-corrected chi connectivity index (χ0v) is 17.3. The average Bonchev–Trinajstić information content (AvgIpc) is 3.27. The quantitative estimate of drug-likeness (QED) is 0.534. The second-order valence-electron chi connectivity index (χ2n) is 7.80. The number of carbonyl (C=O) groups excluding carboxylic acids is 1. The van der Waals surface area contributed by atoms with E-state index in [4.69, 9.17) is 9.72 Å². The predicted octanol–water partition coefficient (Wildman–Crippen LogP) is 3.74. The number of para-hydroxylation sites is 1. The molecular formula is C24H22N4O3. The number of rotatable bonds is 3. The zero-order valence-electron chi connectivity index (χ0n) is 17.3. The molecule has 0 bridgehead atoms. The summed E-state index contributed by atoms with van der Waals surface area (Å²) in [5.74, 6) is 0.842. The van der Waals surface area contributed by atoms with Crippen LogP contribution in [0.5, 0.6) is 5.75 Å². The molecule has 156 valence electrons. The van der Waals surface area contributed by atoms with Crippen LogP contribution in [-0.2, 0) is 11.8 Å². The first kappa shape index (κ1) is 19.1. The summed E-state index contributed by atoms with van der Waals surface area (Å²) in [4.78, 5) is 33.2. The standard InChI is InChI=1S/C24H22N4O3/c1-14-7-8-20(27-23(29)17-10-12-31-19-6-4-3-5-15(17)19)26-21(14)18-13-28(2)24(30)22-16(18)9-11-25-22/h3-9,11,13,17,25H,10,12H2,1-2H3,(H,26,27,29). The molecule has 4 aromatic rings. The summed E-state index contributed by atoms with van der Waals surface area (Å²) in [5.41, 5.74) is 3.86. The third-order valence-corrected chi connectivity index (χ3v) is 5.77. The third-order valence-electron chi connectivity index (χ3n) is 5.77. The first-order valence-electron chi connectivity index (χ1n) is 10.2. The number of H-pyrrole nitrogens is 1. The molecule has 5 rings (SSSR count). The van der Waals surface area contributed by atoms with Crippen molar-refractivity contribution in [2.45, 2.75) is 19.3 Å². The van der Waals surface area contributed by atoms with E-state index in [1.165, 1.54) is 0 Å². The van der Waals surface area contributed by atoms with Crippen molar-refractivity contribution in [2.75, 3.05) is 11.9 Å². The van der Waals surface area contributed by atoms with Crippen molar-refractivity contribution in [2.24, 2.45) is 7.05 Å². The highest BCUT2D eigenvalue weighted by Crippen LogP contribution is 2.34. The molecule has 1 aliphatic rings. The fourth-order valence-corrected chi connectivity index (χ4v) is 4.16. The van der Waals surface area contributed by atoms with Gasteiger partial charge in [-0.25, -0.2) is 4.98 Å². The lowest BCUT2D eigenvalue weighted by Gasteiger charge is -2.25. The number of amides is 1. The van der Waals surface area contributed by atoms with Gasteiger partial charge in [0.25, 0.3) is 5.56 Å². The SMILES string of the molecule is Cc1ccc(NC(=O)C2CCOc3ccccc32)nc1-c1cn(C)c(=O)c2[nH]ccc12. The van der Waals surface area contributed by atoms with Gasteiger partial charge in [0.1, 0.15) is 17.1 Å². The lowest BCUT2D eigenvalue weighted by Crippen LogP contribution is -2.26. The molecule has 1 aromatic carbocycles. The maximum Gasteiger partial charge on any atom is 0.274 e. The summed E-state index contributed by atoms with van der Waals surface area (Å²) in [6.07, 6.45) is 4.15. The van der Waals surface area contributed by atoms with Gasteiger partial charge in [-0.05, 0) is 37.1 Å². The van der Waals surface area contributed by atoms with Crippen molar-refractivity contribution in [3.05, 3.63) is 76.3 Å². The number of nitrogens with zero attached hydrogens (tertiary/aromatic N) is 2. The lowest BCUT2D eigenvalue weighted by molar-refractivity contribution is -0.118. The summed E-state index contributed by atoms with van der Waals surface area (Å²) in [6, 6.07) is 13.2. The van der Waals surface area contributed by atoms with Crippen LogP contribution < -0.4 is 15.6 Å². The molecule has 3 aromatic heterocycles. The molecule has 0 radical (unpaired) electrons. The number of anilines is 1. The van der Waals surface area contributed by atoms with E-state index in [-0.39, 0.29) is 17.4 Å². The minimum Gasteiger partial charge on any atom is -0.493 e. The molecule has 4 heterocycles. The van der Waals surface area contributed by atoms with Crippen molar-refractivity contribution in [3.63, 3.8) is 0 Å². The maximum atomic E-state index is 13.1. The Morgan fingerprint density at radius 2 is 2.06 bits per heavy atom. The van der Waals surface area contributed by atoms with Gasteiger partial charge >= 0.3 is 0 Å². The van der Waals surface area contributed by atoms with Crippen LogP contribution in [0.4, 0.5) is 5.82 Å². The summed E-state index contributed by atoms with van der Waals surface area (Å²) < 4.78 is 7.22. The number of benzene rings is 1. The molecule has 0 saturated carbocycles. The number of aryl methyl sites for hydroxylation is 2. The summed E-state index contributed by atoms with van der Waals surface area (Å²) in [7, 11) is 1.72. The number of aromatic nitrogens is 3. The van der Waals surface area contributed by atoms with Gasteiger partial charge in [0, 0.05) is 36.0 Å². The molecule has 0 saturated heterocycles. The Morgan fingerprint density at radius 1 is 1.23 bits per heavy atom. The zero-order chi connectivity index (χ0) is 21.5. The number of nitrogens with one attached hydrogen (secondary N) is 2. The molecule has 1 aliphatic heterocycles. The van der Waals surface area contributed by atoms with Gasteiger partial charge in [-0.1, -0.05) is 24.3 Å². The molecule has 31 heavy (non-hydrogen) atoms. The Kier molecular flexibility index (Phi) is 4.58. The Balaban J connectivity index is 1.51. The molecule has 7 heteroatoms. The van der Waals surface area contributed by atoms with Gasteiger partial charge in [0.05, 0.1) is 18.2 Å².